The van der Waals surface area contributed by atoms with E-state index in [0.717, 1.165) is 16.7 Å². The zero-order chi connectivity index (χ0) is 16.2. The summed E-state index contributed by atoms with van der Waals surface area (Å²) in [7, 11) is 0. The van der Waals surface area contributed by atoms with E-state index < -0.39 is 0 Å². The number of hydrogen-bond donors (Lipinski definition) is 0. The Labute approximate surface area is 138 Å². The molecule has 0 N–H and O–H groups in total. The first-order valence-electron chi connectivity index (χ1n) is 7.11. The first-order valence-corrected chi connectivity index (χ1v) is 7.92. The van der Waals surface area contributed by atoms with Crippen molar-refractivity contribution in [3.63, 3.8) is 0 Å². The average Bonchev–Trinajstić information content (AvgIpc) is 2.84. The maximum absolute atomic E-state index is 12.5. The third kappa shape index (κ3) is 3.27. The van der Waals surface area contributed by atoms with Gasteiger partial charge in [-0.1, -0.05) is 6.07 Å². The van der Waals surface area contributed by atoms with Crippen LogP contribution in [-0.4, -0.2) is 22.7 Å². The molecular weight excluding hydrogens is 312 g/mol. The third-order valence-electron chi connectivity index (χ3n) is 3.17. The predicted molar refractivity (Wildman–Crippen MR) is 90.3 cm³/mol. The minimum absolute atomic E-state index is 0.318. The van der Waals surface area contributed by atoms with Gasteiger partial charge in [0.15, 0.2) is 0 Å². The summed E-state index contributed by atoms with van der Waals surface area (Å²) < 4.78 is 5.36. The number of thioether (sulfide) groups is 1. The number of aromatic nitrogens is 1. The van der Waals surface area contributed by atoms with Crippen molar-refractivity contribution in [2.45, 2.75) is 6.92 Å². The molecule has 0 spiro atoms. The van der Waals surface area contributed by atoms with Crippen LogP contribution in [0.1, 0.15) is 12.6 Å². The number of carbonyl (C=O) groups is 2. The van der Waals surface area contributed by atoms with E-state index in [-0.39, 0.29) is 11.1 Å². The number of rotatable bonds is 4. The maximum Gasteiger partial charge on any atom is 0.298 e. The van der Waals surface area contributed by atoms with Crippen molar-refractivity contribution in [2.24, 2.45) is 0 Å². The second-order valence-electron chi connectivity index (χ2n) is 4.70. The summed E-state index contributed by atoms with van der Waals surface area (Å²) in [5.41, 5.74) is 1.17. The first kappa shape index (κ1) is 15.3. The number of nitrogens with zero attached hydrogens (tertiary/aromatic N) is 2. The molecule has 3 rings (SSSR count). The summed E-state index contributed by atoms with van der Waals surface area (Å²) >= 11 is 0.913. The van der Waals surface area contributed by atoms with Crippen molar-refractivity contribution in [3.8, 4) is 5.75 Å². The van der Waals surface area contributed by atoms with Gasteiger partial charge in [0.25, 0.3) is 11.1 Å². The summed E-state index contributed by atoms with van der Waals surface area (Å²) in [6, 6.07) is 12.3. The highest BCUT2D eigenvalue weighted by Crippen LogP contribution is 2.35. The van der Waals surface area contributed by atoms with Gasteiger partial charge < -0.3 is 4.74 Å². The normalized spacial score (nSPS) is 16.2. The van der Waals surface area contributed by atoms with E-state index in [0.29, 0.717) is 28.6 Å². The first-order chi connectivity index (χ1) is 11.2. The number of anilines is 1. The fraction of sp³-hybridized carbons (Fsp3) is 0.118. The molecule has 2 heterocycles. The lowest BCUT2D eigenvalue weighted by Crippen LogP contribution is -2.27. The van der Waals surface area contributed by atoms with Crippen LogP contribution >= 0.6 is 11.8 Å². The summed E-state index contributed by atoms with van der Waals surface area (Å²) in [5, 5.41) is -0.318. The number of benzene rings is 1. The van der Waals surface area contributed by atoms with Crippen LogP contribution in [-0.2, 0) is 4.79 Å². The van der Waals surface area contributed by atoms with E-state index in [1.165, 1.54) is 0 Å². The highest BCUT2D eigenvalue weighted by molar-refractivity contribution is 8.19. The molecule has 5 nitrogen and oxygen atoms in total. The van der Waals surface area contributed by atoms with Crippen molar-refractivity contribution in [3.05, 3.63) is 59.3 Å². The van der Waals surface area contributed by atoms with Gasteiger partial charge in [0, 0.05) is 6.20 Å². The lowest BCUT2D eigenvalue weighted by Gasteiger charge is -2.13. The fourth-order valence-corrected chi connectivity index (χ4v) is 2.97. The van der Waals surface area contributed by atoms with Crippen molar-refractivity contribution in [1.82, 2.24) is 4.98 Å². The summed E-state index contributed by atoms with van der Waals surface area (Å²) in [6.45, 7) is 2.46. The molecule has 0 saturated carbocycles. The minimum Gasteiger partial charge on any atom is -0.494 e. The molecule has 1 aromatic heterocycles. The molecule has 1 aliphatic rings. The Morgan fingerprint density at radius 3 is 2.61 bits per heavy atom. The SMILES string of the molecule is CCOc1ccc(N2C(=O)S/C(=C\c3ccccn3)C2=O)cc1. The van der Waals surface area contributed by atoms with Crippen LogP contribution in [0.25, 0.3) is 6.08 Å². The number of carbonyl (C=O) groups excluding carboxylic acids is 2. The van der Waals surface area contributed by atoms with Crippen molar-refractivity contribution in [1.29, 1.82) is 0 Å². The second kappa shape index (κ2) is 6.66. The van der Waals surface area contributed by atoms with Gasteiger partial charge in [-0.15, -0.1) is 0 Å². The van der Waals surface area contributed by atoms with Crippen LogP contribution in [0.5, 0.6) is 5.75 Å². The monoisotopic (exact) mass is 326 g/mol. The van der Waals surface area contributed by atoms with Crippen LogP contribution < -0.4 is 9.64 Å². The van der Waals surface area contributed by atoms with E-state index in [1.807, 2.05) is 13.0 Å². The summed E-state index contributed by atoms with van der Waals surface area (Å²) in [4.78, 5) is 30.3. The zero-order valence-corrected chi connectivity index (χ0v) is 13.2. The van der Waals surface area contributed by atoms with Crippen LogP contribution in [0.4, 0.5) is 10.5 Å². The van der Waals surface area contributed by atoms with Gasteiger partial charge in [0.05, 0.1) is 22.9 Å². The molecule has 0 unspecified atom stereocenters. The van der Waals surface area contributed by atoms with E-state index in [2.05, 4.69) is 4.98 Å². The van der Waals surface area contributed by atoms with Gasteiger partial charge in [-0.2, -0.15) is 0 Å². The lowest BCUT2D eigenvalue weighted by molar-refractivity contribution is -0.113. The van der Waals surface area contributed by atoms with Crippen molar-refractivity contribution in [2.75, 3.05) is 11.5 Å². The average molecular weight is 326 g/mol. The number of ether oxygens (including phenoxy) is 1. The molecule has 116 valence electrons. The maximum atomic E-state index is 12.5. The smallest absolute Gasteiger partial charge is 0.298 e. The van der Waals surface area contributed by atoms with E-state index in [4.69, 9.17) is 4.74 Å². The Balaban J connectivity index is 1.85. The molecule has 1 aromatic carbocycles. The molecule has 0 bridgehead atoms. The molecule has 23 heavy (non-hydrogen) atoms. The van der Waals surface area contributed by atoms with Gasteiger partial charge in [-0.05, 0) is 61.2 Å². The zero-order valence-electron chi connectivity index (χ0n) is 12.4. The van der Waals surface area contributed by atoms with E-state index in [1.54, 1.807) is 48.7 Å². The molecule has 2 amide bonds. The van der Waals surface area contributed by atoms with Crippen LogP contribution in [0.3, 0.4) is 0 Å². The molecule has 0 radical (unpaired) electrons. The van der Waals surface area contributed by atoms with Crippen LogP contribution in [0, 0.1) is 0 Å². The Bertz CT molecular complexity index is 757. The molecular formula is C17H14N2O3S. The molecule has 1 aliphatic heterocycles. The standard InChI is InChI=1S/C17H14N2O3S/c1-2-22-14-8-6-13(7-9-14)19-16(20)15(23-17(19)21)11-12-5-3-4-10-18-12/h3-11H,2H2,1H3/b15-11-. The molecule has 2 aromatic rings. The number of pyridine rings is 1. The molecule has 1 saturated heterocycles. The Kier molecular flexibility index (Phi) is 4.43. The topological polar surface area (TPSA) is 59.5 Å². The second-order valence-corrected chi connectivity index (χ2v) is 5.69. The molecule has 0 aliphatic carbocycles. The van der Waals surface area contributed by atoms with Crippen LogP contribution in [0.2, 0.25) is 0 Å². The highest BCUT2D eigenvalue weighted by Gasteiger charge is 2.36. The Morgan fingerprint density at radius 2 is 1.96 bits per heavy atom. The fourth-order valence-electron chi connectivity index (χ4n) is 2.14. The minimum atomic E-state index is -0.338. The quantitative estimate of drug-likeness (QED) is 0.801. The van der Waals surface area contributed by atoms with E-state index in [9.17, 15) is 9.59 Å². The number of hydrogen-bond acceptors (Lipinski definition) is 5. The van der Waals surface area contributed by atoms with Gasteiger partial charge in [-0.25, -0.2) is 4.90 Å². The van der Waals surface area contributed by atoms with Gasteiger partial charge >= 0.3 is 0 Å². The van der Waals surface area contributed by atoms with Gasteiger partial charge in [0.2, 0.25) is 0 Å². The van der Waals surface area contributed by atoms with Crippen molar-refractivity contribution < 1.29 is 14.3 Å². The molecule has 6 heteroatoms. The largest absolute Gasteiger partial charge is 0.494 e. The number of amides is 2. The molecule has 0 atom stereocenters. The van der Waals surface area contributed by atoms with E-state index >= 15 is 0 Å². The summed E-state index contributed by atoms with van der Waals surface area (Å²) in [5.74, 6) is 0.363. The third-order valence-corrected chi connectivity index (χ3v) is 4.04. The summed E-state index contributed by atoms with van der Waals surface area (Å²) in [6.07, 6.45) is 3.27. The van der Waals surface area contributed by atoms with Crippen molar-refractivity contribution >= 4 is 34.7 Å². The highest BCUT2D eigenvalue weighted by atomic mass is 32.2. The van der Waals surface area contributed by atoms with Gasteiger partial charge in [-0.3, -0.25) is 14.6 Å². The predicted octanol–water partition coefficient (Wildman–Crippen LogP) is 3.72. The number of imide groups is 1. The Hall–Kier alpha value is -2.60. The lowest BCUT2D eigenvalue weighted by atomic mass is 10.2. The Morgan fingerprint density at radius 1 is 1.17 bits per heavy atom. The van der Waals surface area contributed by atoms with Crippen LogP contribution in [0.15, 0.2) is 53.6 Å². The van der Waals surface area contributed by atoms with Gasteiger partial charge in [0.1, 0.15) is 5.75 Å². The molecule has 1 fully saturated rings.